The molecule has 2 nitrogen and oxygen atoms in total. The number of carbonyl (C=O) groups excluding carboxylic acids is 1. The maximum absolute atomic E-state index is 11.2. The van der Waals surface area contributed by atoms with E-state index in [0.717, 1.165) is 12.8 Å². The van der Waals surface area contributed by atoms with Crippen molar-refractivity contribution in [3.63, 3.8) is 0 Å². The second kappa shape index (κ2) is 7.96. The summed E-state index contributed by atoms with van der Waals surface area (Å²) in [6.07, 6.45) is 2.27. The lowest BCUT2D eigenvalue weighted by molar-refractivity contribution is -0.140. The van der Waals surface area contributed by atoms with E-state index in [4.69, 9.17) is 4.74 Å². The minimum Gasteiger partial charge on any atom is -0.469 e. The monoisotopic (exact) mass is 310 g/mol. The summed E-state index contributed by atoms with van der Waals surface area (Å²) in [6, 6.07) is 15.3. The van der Waals surface area contributed by atoms with E-state index < -0.39 is 0 Å². The van der Waals surface area contributed by atoms with E-state index in [-0.39, 0.29) is 5.97 Å². The highest BCUT2D eigenvalue weighted by atomic mass is 16.5. The first-order valence-electron chi connectivity index (χ1n) is 8.25. The molecule has 0 amide bonds. The first-order valence-corrected chi connectivity index (χ1v) is 8.25. The quantitative estimate of drug-likeness (QED) is 0.704. The SMILES string of the molecule is COC(=O)CCc1ccc(-c2ccc(CC(C)C)cc2)c(C)c1. The maximum Gasteiger partial charge on any atom is 0.305 e. The van der Waals surface area contributed by atoms with Gasteiger partial charge in [-0.05, 0) is 53.5 Å². The highest BCUT2D eigenvalue weighted by Crippen LogP contribution is 2.25. The molecule has 0 radical (unpaired) electrons. The van der Waals surface area contributed by atoms with E-state index in [0.29, 0.717) is 12.3 Å². The number of hydrogen-bond donors (Lipinski definition) is 0. The Balaban J connectivity index is 2.12. The van der Waals surface area contributed by atoms with Gasteiger partial charge in [0, 0.05) is 6.42 Å². The zero-order valence-corrected chi connectivity index (χ0v) is 14.6. The van der Waals surface area contributed by atoms with E-state index in [1.807, 2.05) is 0 Å². The van der Waals surface area contributed by atoms with Crippen molar-refractivity contribution in [3.05, 3.63) is 59.2 Å². The smallest absolute Gasteiger partial charge is 0.305 e. The van der Waals surface area contributed by atoms with Crippen molar-refractivity contribution >= 4 is 5.97 Å². The molecular formula is C21H26O2. The molecule has 0 aliphatic carbocycles. The molecule has 0 fully saturated rings. The average Bonchev–Trinajstić information content (AvgIpc) is 2.53. The van der Waals surface area contributed by atoms with E-state index in [1.165, 1.54) is 34.9 Å². The molecule has 0 unspecified atom stereocenters. The number of esters is 1. The van der Waals surface area contributed by atoms with Crippen LogP contribution in [0.3, 0.4) is 0 Å². The number of benzene rings is 2. The molecule has 2 rings (SSSR count). The molecule has 0 N–H and O–H groups in total. The van der Waals surface area contributed by atoms with E-state index in [1.54, 1.807) is 0 Å². The number of ether oxygens (including phenoxy) is 1. The van der Waals surface area contributed by atoms with Crippen LogP contribution in [0.15, 0.2) is 42.5 Å². The third kappa shape index (κ3) is 4.95. The first-order chi connectivity index (χ1) is 11.0. The van der Waals surface area contributed by atoms with Gasteiger partial charge in [-0.3, -0.25) is 4.79 Å². The molecule has 0 saturated heterocycles. The second-order valence-corrected chi connectivity index (χ2v) is 6.52. The van der Waals surface area contributed by atoms with E-state index in [9.17, 15) is 4.79 Å². The molecule has 0 heterocycles. The van der Waals surface area contributed by atoms with Crippen molar-refractivity contribution in [1.29, 1.82) is 0 Å². The average molecular weight is 310 g/mol. The van der Waals surface area contributed by atoms with Crippen LogP contribution in [0.25, 0.3) is 11.1 Å². The lowest BCUT2D eigenvalue weighted by Gasteiger charge is -2.10. The van der Waals surface area contributed by atoms with Crippen LogP contribution >= 0.6 is 0 Å². The van der Waals surface area contributed by atoms with Crippen LogP contribution in [0.4, 0.5) is 0 Å². The Morgan fingerprint density at radius 3 is 2.26 bits per heavy atom. The maximum atomic E-state index is 11.2. The van der Waals surface area contributed by atoms with E-state index in [2.05, 4.69) is 63.2 Å². The highest BCUT2D eigenvalue weighted by Gasteiger charge is 2.06. The number of aryl methyl sites for hydroxylation is 2. The predicted octanol–water partition coefficient (Wildman–Crippen LogP) is 4.97. The van der Waals surface area contributed by atoms with E-state index >= 15 is 0 Å². The molecule has 0 aliphatic rings. The van der Waals surface area contributed by atoms with Crippen LogP contribution < -0.4 is 0 Å². The van der Waals surface area contributed by atoms with Gasteiger partial charge in [0.25, 0.3) is 0 Å². The molecule has 0 aliphatic heterocycles. The largest absolute Gasteiger partial charge is 0.469 e. The molecule has 122 valence electrons. The Hall–Kier alpha value is -2.09. The highest BCUT2D eigenvalue weighted by molar-refractivity contribution is 5.70. The first kappa shape index (κ1) is 17.3. The van der Waals surface area contributed by atoms with Crippen molar-refractivity contribution in [2.75, 3.05) is 7.11 Å². The topological polar surface area (TPSA) is 26.3 Å². The van der Waals surface area contributed by atoms with Crippen molar-refractivity contribution in [2.24, 2.45) is 5.92 Å². The zero-order valence-electron chi connectivity index (χ0n) is 14.6. The van der Waals surface area contributed by atoms with Gasteiger partial charge in [-0.25, -0.2) is 0 Å². The molecule has 0 saturated carbocycles. The van der Waals surface area contributed by atoms with Gasteiger partial charge in [0.15, 0.2) is 0 Å². The van der Waals surface area contributed by atoms with Gasteiger partial charge in [0.1, 0.15) is 0 Å². The van der Waals surface area contributed by atoms with Crippen LogP contribution in [0.5, 0.6) is 0 Å². The molecular weight excluding hydrogens is 284 g/mol. The predicted molar refractivity (Wildman–Crippen MR) is 95.5 cm³/mol. The number of carbonyl (C=O) groups is 1. The fourth-order valence-electron chi connectivity index (χ4n) is 2.85. The van der Waals surface area contributed by atoms with Crippen LogP contribution in [0, 0.1) is 12.8 Å². The summed E-state index contributed by atoms with van der Waals surface area (Å²) in [4.78, 5) is 11.2. The molecule has 2 aromatic rings. The van der Waals surface area contributed by atoms with Gasteiger partial charge in [-0.2, -0.15) is 0 Å². The fraction of sp³-hybridized carbons (Fsp3) is 0.381. The summed E-state index contributed by atoms with van der Waals surface area (Å²) in [6.45, 7) is 6.61. The van der Waals surface area contributed by atoms with Crippen LogP contribution in [0.1, 0.15) is 37.0 Å². The summed E-state index contributed by atoms with van der Waals surface area (Å²) < 4.78 is 4.69. The summed E-state index contributed by atoms with van der Waals surface area (Å²) >= 11 is 0. The van der Waals surface area contributed by atoms with Gasteiger partial charge in [-0.15, -0.1) is 0 Å². The Labute approximate surface area is 139 Å². The number of methoxy groups -OCH3 is 1. The third-order valence-electron chi connectivity index (χ3n) is 4.05. The molecule has 0 spiro atoms. The Kier molecular flexibility index (Phi) is 5.97. The molecule has 0 bridgehead atoms. The normalized spacial score (nSPS) is 10.8. The van der Waals surface area contributed by atoms with Crippen molar-refractivity contribution in [1.82, 2.24) is 0 Å². The Bertz CT molecular complexity index is 654. The number of hydrogen-bond acceptors (Lipinski definition) is 2. The van der Waals surface area contributed by atoms with Crippen molar-refractivity contribution in [3.8, 4) is 11.1 Å². The summed E-state index contributed by atoms with van der Waals surface area (Å²) in [7, 11) is 1.43. The lowest BCUT2D eigenvalue weighted by Crippen LogP contribution is -2.02. The van der Waals surface area contributed by atoms with Crippen molar-refractivity contribution < 1.29 is 9.53 Å². The Morgan fingerprint density at radius 2 is 1.70 bits per heavy atom. The molecule has 2 heteroatoms. The number of rotatable bonds is 6. The molecule has 2 aromatic carbocycles. The van der Waals surface area contributed by atoms with Gasteiger partial charge in [-0.1, -0.05) is 56.3 Å². The minimum absolute atomic E-state index is 0.160. The zero-order chi connectivity index (χ0) is 16.8. The Morgan fingerprint density at radius 1 is 1.04 bits per heavy atom. The fourth-order valence-corrected chi connectivity index (χ4v) is 2.85. The summed E-state index contributed by atoms with van der Waals surface area (Å²) in [5, 5.41) is 0. The standard InChI is InChI=1S/C21H26O2/c1-15(2)13-17-5-9-19(10-6-17)20-11-7-18(14-16(20)3)8-12-21(22)23-4/h5-7,9-11,14-15H,8,12-13H2,1-4H3. The third-order valence-corrected chi connectivity index (χ3v) is 4.05. The molecule has 0 aromatic heterocycles. The van der Waals surface area contributed by atoms with Gasteiger partial charge in [0.2, 0.25) is 0 Å². The van der Waals surface area contributed by atoms with Crippen molar-refractivity contribution in [2.45, 2.75) is 40.0 Å². The van der Waals surface area contributed by atoms with Gasteiger partial charge < -0.3 is 4.74 Å². The molecule has 23 heavy (non-hydrogen) atoms. The minimum atomic E-state index is -0.160. The van der Waals surface area contributed by atoms with Gasteiger partial charge >= 0.3 is 5.97 Å². The van der Waals surface area contributed by atoms with Crippen LogP contribution in [0.2, 0.25) is 0 Å². The van der Waals surface area contributed by atoms with Gasteiger partial charge in [0.05, 0.1) is 7.11 Å². The lowest BCUT2D eigenvalue weighted by atomic mass is 9.95. The van der Waals surface area contributed by atoms with Crippen LogP contribution in [-0.4, -0.2) is 13.1 Å². The molecule has 0 atom stereocenters. The second-order valence-electron chi connectivity index (χ2n) is 6.52. The summed E-state index contributed by atoms with van der Waals surface area (Å²) in [5.41, 5.74) is 6.30. The summed E-state index contributed by atoms with van der Waals surface area (Å²) in [5.74, 6) is 0.518. The van der Waals surface area contributed by atoms with Crippen LogP contribution in [-0.2, 0) is 22.4 Å².